The molecule has 132 valence electrons. The fraction of sp³-hybridized carbons (Fsp3) is 0.400. The first kappa shape index (κ1) is 17.9. The average molecular weight is 358 g/mol. The Kier molecular flexibility index (Phi) is 6.05. The fourth-order valence-electron chi connectivity index (χ4n) is 3.30. The Morgan fingerprint density at radius 1 is 1.24 bits per heavy atom. The molecule has 25 heavy (non-hydrogen) atoms. The van der Waals surface area contributed by atoms with Crippen LogP contribution < -0.4 is 5.32 Å². The van der Waals surface area contributed by atoms with Crippen LogP contribution in [0.25, 0.3) is 0 Å². The van der Waals surface area contributed by atoms with Gasteiger partial charge >= 0.3 is 0 Å². The Balaban J connectivity index is 1.76. The van der Waals surface area contributed by atoms with Crippen molar-refractivity contribution in [1.29, 1.82) is 0 Å². The second kappa shape index (κ2) is 8.45. The molecular weight excluding hydrogens is 334 g/mol. The molecule has 1 aliphatic rings. The van der Waals surface area contributed by atoms with Gasteiger partial charge < -0.3 is 10.2 Å². The van der Waals surface area contributed by atoms with Crippen molar-refractivity contribution in [3.05, 3.63) is 64.9 Å². The molecule has 1 fully saturated rings. The number of likely N-dealkylation sites (tertiary alicyclic amines) is 1. The zero-order chi connectivity index (χ0) is 17.6. The summed E-state index contributed by atoms with van der Waals surface area (Å²) in [6, 6.07) is 13.1. The number of nitrogens with one attached hydrogen (secondary N) is 1. The number of rotatable bonds is 5. The van der Waals surface area contributed by atoms with E-state index < -0.39 is 0 Å². The molecule has 1 aliphatic heterocycles. The zero-order valence-electron chi connectivity index (χ0n) is 14.5. The highest BCUT2D eigenvalue weighted by Crippen LogP contribution is 2.24. The van der Waals surface area contributed by atoms with Crippen LogP contribution in [-0.4, -0.2) is 35.4 Å². The molecule has 3 rings (SSSR count). The molecule has 1 amide bonds. The molecule has 1 aromatic heterocycles. The van der Waals surface area contributed by atoms with Crippen LogP contribution in [0.1, 0.15) is 37.1 Å². The molecule has 2 aromatic rings. The standard InChI is InChI=1S/C20H24ClN3O/c1-2-24-13-10-16(11-14-24)20(25)23-19(18-5-3-4-12-22-18)15-6-8-17(21)9-7-15/h3-9,12,16,19H,2,10-11,13-14H2,1H3,(H,23,25). The van der Waals surface area contributed by atoms with Crippen molar-refractivity contribution in [3.8, 4) is 0 Å². The highest BCUT2D eigenvalue weighted by atomic mass is 35.5. The Labute approximate surface area is 154 Å². The van der Waals surface area contributed by atoms with E-state index in [4.69, 9.17) is 11.6 Å². The Bertz CT molecular complexity index is 682. The molecule has 5 heteroatoms. The van der Waals surface area contributed by atoms with E-state index in [0.717, 1.165) is 43.7 Å². The van der Waals surface area contributed by atoms with E-state index in [2.05, 4.69) is 22.1 Å². The number of amides is 1. The topological polar surface area (TPSA) is 45.2 Å². The maximum Gasteiger partial charge on any atom is 0.224 e. The first-order valence-electron chi connectivity index (χ1n) is 8.86. The number of hydrogen-bond donors (Lipinski definition) is 1. The summed E-state index contributed by atoms with van der Waals surface area (Å²) in [6.07, 6.45) is 3.58. The highest BCUT2D eigenvalue weighted by molar-refractivity contribution is 6.30. The van der Waals surface area contributed by atoms with Gasteiger partial charge in [0.1, 0.15) is 0 Å². The summed E-state index contributed by atoms with van der Waals surface area (Å²) >= 11 is 6.01. The summed E-state index contributed by atoms with van der Waals surface area (Å²) in [5.41, 5.74) is 1.83. The van der Waals surface area contributed by atoms with Crippen LogP contribution in [0.5, 0.6) is 0 Å². The van der Waals surface area contributed by atoms with Gasteiger partial charge in [0, 0.05) is 17.1 Å². The number of carbonyl (C=O) groups is 1. The molecule has 1 N–H and O–H groups in total. The van der Waals surface area contributed by atoms with E-state index >= 15 is 0 Å². The van der Waals surface area contributed by atoms with Crippen LogP contribution in [-0.2, 0) is 4.79 Å². The normalized spacial score (nSPS) is 17.2. The molecule has 2 heterocycles. The lowest BCUT2D eigenvalue weighted by molar-refractivity contribution is -0.127. The third-order valence-corrected chi connectivity index (χ3v) is 5.13. The second-order valence-electron chi connectivity index (χ2n) is 6.46. The number of piperidine rings is 1. The predicted octanol–water partition coefficient (Wildman–Crippen LogP) is 3.67. The largest absolute Gasteiger partial charge is 0.343 e. The lowest BCUT2D eigenvalue weighted by atomic mass is 9.94. The van der Waals surface area contributed by atoms with Crippen molar-refractivity contribution in [2.45, 2.75) is 25.8 Å². The smallest absolute Gasteiger partial charge is 0.224 e. The summed E-state index contributed by atoms with van der Waals surface area (Å²) in [7, 11) is 0. The van der Waals surface area contributed by atoms with E-state index in [-0.39, 0.29) is 17.9 Å². The van der Waals surface area contributed by atoms with Gasteiger partial charge in [0.2, 0.25) is 5.91 Å². The van der Waals surface area contributed by atoms with E-state index in [9.17, 15) is 4.79 Å². The molecule has 1 unspecified atom stereocenters. The van der Waals surface area contributed by atoms with Crippen molar-refractivity contribution in [2.24, 2.45) is 5.92 Å². The molecule has 1 aromatic carbocycles. The van der Waals surface area contributed by atoms with E-state index in [1.165, 1.54) is 0 Å². The lowest BCUT2D eigenvalue weighted by Crippen LogP contribution is -2.41. The van der Waals surface area contributed by atoms with Gasteiger partial charge in [0.15, 0.2) is 0 Å². The van der Waals surface area contributed by atoms with Gasteiger partial charge in [-0.15, -0.1) is 0 Å². The predicted molar refractivity (Wildman–Crippen MR) is 101 cm³/mol. The van der Waals surface area contributed by atoms with E-state index in [0.29, 0.717) is 5.02 Å². The van der Waals surface area contributed by atoms with Crippen LogP contribution >= 0.6 is 11.6 Å². The van der Waals surface area contributed by atoms with Crippen LogP contribution in [0.15, 0.2) is 48.7 Å². The number of carbonyl (C=O) groups excluding carboxylic acids is 1. The summed E-state index contributed by atoms with van der Waals surface area (Å²) in [4.78, 5) is 19.7. The van der Waals surface area contributed by atoms with Gasteiger partial charge in [0.25, 0.3) is 0 Å². The highest BCUT2D eigenvalue weighted by Gasteiger charge is 2.27. The van der Waals surface area contributed by atoms with Crippen molar-refractivity contribution in [3.63, 3.8) is 0 Å². The van der Waals surface area contributed by atoms with Gasteiger partial charge in [-0.1, -0.05) is 36.7 Å². The van der Waals surface area contributed by atoms with Crippen molar-refractivity contribution >= 4 is 17.5 Å². The number of benzene rings is 1. The molecule has 0 saturated carbocycles. The summed E-state index contributed by atoms with van der Waals surface area (Å²) < 4.78 is 0. The molecule has 1 atom stereocenters. The second-order valence-corrected chi connectivity index (χ2v) is 6.89. The molecule has 0 radical (unpaired) electrons. The fourth-order valence-corrected chi connectivity index (χ4v) is 3.43. The SMILES string of the molecule is CCN1CCC(C(=O)NC(c2ccc(Cl)cc2)c2ccccn2)CC1. The minimum Gasteiger partial charge on any atom is -0.343 e. The van der Waals surface area contributed by atoms with Gasteiger partial charge in [-0.25, -0.2) is 0 Å². The van der Waals surface area contributed by atoms with Crippen LogP contribution in [0.4, 0.5) is 0 Å². The monoisotopic (exact) mass is 357 g/mol. The minimum atomic E-state index is -0.254. The maximum absolute atomic E-state index is 12.8. The number of hydrogen-bond acceptors (Lipinski definition) is 3. The average Bonchev–Trinajstić information content (AvgIpc) is 2.67. The Morgan fingerprint density at radius 2 is 1.96 bits per heavy atom. The van der Waals surface area contributed by atoms with Crippen molar-refractivity contribution < 1.29 is 4.79 Å². The minimum absolute atomic E-state index is 0.0707. The Hall–Kier alpha value is -1.91. The number of halogens is 1. The van der Waals surface area contributed by atoms with Crippen LogP contribution in [0.3, 0.4) is 0 Å². The molecular formula is C20H24ClN3O. The third kappa shape index (κ3) is 4.59. The zero-order valence-corrected chi connectivity index (χ0v) is 15.2. The number of aromatic nitrogens is 1. The third-order valence-electron chi connectivity index (χ3n) is 4.88. The molecule has 1 saturated heterocycles. The van der Waals surface area contributed by atoms with Gasteiger partial charge in [0.05, 0.1) is 11.7 Å². The molecule has 0 spiro atoms. The van der Waals surface area contributed by atoms with Crippen molar-refractivity contribution in [1.82, 2.24) is 15.2 Å². The first-order chi connectivity index (χ1) is 12.2. The number of pyridine rings is 1. The molecule has 4 nitrogen and oxygen atoms in total. The Morgan fingerprint density at radius 3 is 2.56 bits per heavy atom. The van der Waals surface area contributed by atoms with Crippen LogP contribution in [0.2, 0.25) is 5.02 Å². The quantitative estimate of drug-likeness (QED) is 0.888. The lowest BCUT2D eigenvalue weighted by Gasteiger charge is -2.31. The van der Waals surface area contributed by atoms with Gasteiger partial charge in [-0.3, -0.25) is 9.78 Å². The number of nitrogens with zero attached hydrogens (tertiary/aromatic N) is 2. The van der Waals surface area contributed by atoms with Gasteiger partial charge in [-0.2, -0.15) is 0 Å². The van der Waals surface area contributed by atoms with Crippen LogP contribution in [0, 0.1) is 5.92 Å². The first-order valence-corrected chi connectivity index (χ1v) is 9.24. The summed E-state index contributed by atoms with van der Waals surface area (Å²) in [5, 5.41) is 3.89. The summed E-state index contributed by atoms with van der Waals surface area (Å²) in [5.74, 6) is 0.183. The maximum atomic E-state index is 12.8. The molecule has 0 aliphatic carbocycles. The van der Waals surface area contributed by atoms with E-state index in [1.807, 2.05) is 42.5 Å². The van der Waals surface area contributed by atoms with E-state index in [1.54, 1.807) is 6.20 Å². The summed E-state index contributed by atoms with van der Waals surface area (Å²) in [6.45, 7) is 5.20. The van der Waals surface area contributed by atoms with Crippen molar-refractivity contribution in [2.75, 3.05) is 19.6 Å². The molecule has 0 bridgehead atoms. The van der Waals surface area contributed by atoms with Gasteiger partial charge in [-0.05, 0) is 62.3 Å².